The molecule has 12 heteroatoms. The van der Waals surface area contributed by atoms with E-state index in [-0.39, 0.29) is 43.1 Å². The van der Waals surface area contributed by atoms with Gasteiger partial charge in [-0.1, -0.05) is 83.1 Å². The number of fused-ring (bicyclic) bond motifs is 5. The molecule has 3 aliphatic carbocycles. The van der Waals surface area contributed by atoms with Crippen LogP contribution in [-0.4, -0.2) is 87.5 Å². The standard InChI is InChI=1S/C41H50O12/c1-22(2)23(3)35(44)51-27-19-41(48)34(53-36(45)26-16-12-9-13-17-26)32-39(7,33(43)31(42)30(24(27)4)38(41,5)6)28(18-29-40(32,47)21-50-29)52-37(46)49-20-25-14-10-8-11-15-25/h8-17,22-23,27-29,31-32,34,42,47-48H,18-21H2,1-7H3/t23-,27?,28?,29?,31?,32?,34?,39-,40+,41?/m1/s1. The number of ether oxygens (including phenoxy) is 5. The minimum atomic E-state index is -2.18. The van der Waals surface area contributed by atoms with E-state index in [1.165, 1.54) is 19.1 Å². The Hall–Kier alpha value is -4.10. The van der Waals surface area contributed by atoms with Crippen LogP contribution in [0.1, 0.15) is 77.2 Å². The van der Waals surface area contributed by atoms with E-state index in [0.717, 1.165) is 0 Å². The highest BCUT2D eigenvalue weighted by molar-refractivity contribution is 5.94. The van der Waals surface area contributed by atoms with Gasteiger partial charge in [-0.3, -0.25) is 9.59 Å². The number of Topliss-reactive ketones (excluding diaryl/α,β-unsaturated/α-hetero) is 1. The molecule has 2 aromatic rings. The van der Waals surface area contributed by atoms with Crippen LogP contribution in [0.15, 0.2) is 71.8 Å². The van der Waals surface area contributed by atoms with Crippen LogP contribution in [0.3, 0.4) is 0 Å². The number of aliphatic hydroxyl groups is 3. The molecule has 1 heterocycles. The number of rotatable bonds is 8. The summed E-state index contributed by atoms with van der Waals surface area (Å²) in [7, 11) is 0. The second-order valence-electron chi connectivity index (χ2n) is 16.2. The van der Waals surface area contributed by atoms with E-state index < -0.39 is 88.3 Å². The summed E-state index contributed by atoms with van der Waals surface area (Å²) in [6.07, 6.45) is -8.68. The van der Waals surface area contributed by atoms with Gasteiger partial charge in [0.2, 0.25) is 0 Å². The molecule has 0 amide bonds. The zero-order chi connectivity index (χ0) is 38.7. The third-order valence-electron chi connectivity index (χ3n) is 12.7. The highest BCUT2D eigenvalue weighted by Gasteiger charge is 2.77. The molecular formula is C41H50O12. The zero-order valence-electron chi connectivity index (χ0n) is 31.2. The third-order valence-corrected chi connectivity index (χ3v) is 12.7. The number of esters is 2. The predicted octanol–water partition coefficient (Wildman–Crippen LogP) is 4.72. The summed E-state index contributed by atoms with van der Waals surface area (Å²) in [5.74, 6) is -4.32. The van der Waals surface area contributed by atoms with Crippen molar-refractivity contribution < 1.29 is 58.2 Å². The molecule has 1 aliphatic heterocycles. The lowest BCUT2D eigenvalue weighted by atomic mass is 9.44. The first-order valence-electron chi connectivity index (χ1n) is 18.2. The van der Waals surface area contributed by atoms with E-state index in [4.69, 9.17) is 23.7 Å². The minimum absolute atomic E-state index is 0.0696. The third kappa shape index (κ3) is 6.27. The van der Waals surface area contributed by atoms with E-state index >= 15 is 4.79 Å². The van der Waals surface area contributed by atoms with Crippen molar-refractivity contribution in [2.45, 2.75) is 110 Å². The maximum atomic E-state index is 15.1. The van der Waals surface area contributed by atoms with Crippen molar-refractivity contribution in [2.75, 3.05) is 6.61 Å². The number of ketones is 1. The fourth-order valence-electron chi connectivity index (χ4n) is 8.91. The number of aliphatic hydroxyl groups excluding tert-OH is 1. The summed E-state index contributed by atoms with van der Waals surface area (Å²) in [6, 6.07) is 17.0. The van der Waals surface area contributed by atoms with Crippen molar-refractivity contribution in [3.05, 3.63) is 82.9 Å². The van der Waals surface area contributed by atoms with Gasteiger partial charge >= 0.3 is 18.1 Å². The number of carbonyl (C=O) groups is 4. The molecule has 2 aromatic carbocycles. The Bertz CT molecular complexity index is 1770. The van der Waals surface area contributed by atoms with Gasteiger partial charge in [0.1, 0.15) is 42.2 Å². The number of carbonyl (C=O) groups excluding carboxylic acids is 4. The quantitative estimate of drug-likeness (QED) is 0.194. The minimum Gasteiger partial charge on any atom is -0.458 e. The van der Waals surface area contributed by atoms with Gasteiger partial charge in [0.15, 0.2) is 5.78 Å². The first-order valence-corrected chi connectivity index (χ1v) is 18.2. The summed E-state index contributed by atoms with van der Waals surface area (Å²) in [4.78, 5) is 55.9. The second-order valence-corrected chi connectivity index (χ2v) is 16.2. The first-order chi connectivity index (χ1) is 24.9. The van der Waals surface area contributed by atoms with Gasteiger partial charge in [-0.25, -0.2) is 9.59 Å². The Morgan fingerprint density at radius 1 is 0.925 bits per heavy atom. The lowest BCUT2D eigenvalue weighted by Gasteiger charge is -2.67. The molecule has 3 N–H and O–H groups in total. The summed E-state index contributed by atoms with van der Waals surface area (Å²) in [5.41, 5.74) is -6.28. The van der Waals surface area contributed by atoms with Crippen molar-refractivity contribution in [3.63, 3.8) is 0 Å². The monoisotopic (exact) mass is 734 g/mol. The van der Waals surface area contributed by atoms with E-state index in [1.807, 2.05) is 19.9 Å². The van der Waals surface area contributed by atoms with Gasteiger partial charge in [0.05, 0.1) is 29.6 Å². The molecule has 0 radical (unpaired) electrons. The summed E-state index contributed by atoms with van der Waals surface area (Å²) < 4.78 is 29.5. The van der Waals surface area contributed by atoms with Gasteiger partial charge in [0.25, 0.3) is 0 Å². The maximum absolute atomic E-state index is 15.1. The molecule has 1 saturated heterocycles. The van der Waals surface area contributed by atoms with Crippen molar-refractivity contribution in [1.29, 1.82) is 0 Å². The van der Waals surface area contributed by atoms with Gasteiger partial charge in [-0.2, -0.15) is 0 Å². The predicted molar refractivity (Wildman–Crippen MR) is 189 cm³/mol. The van der Waals surface area contributed by atoms with Gasteiger partial charge < -0.3 is 39.0 Å². The average Bonchev–Trinajstić information content (AvgIpc) is 3.12. The van der Waals surface area contributed by atoms with E-state index in [9.17, 15) is 29.7 Å². The molecule has 7 unspecified atom stereocenters. The van der Waals surface area contributed by atoms with Crippen LogP contribution in [0, 0.1) is 28.6 Å². The number of benzene rings is 2. The van der Waals surface area contributed by atoms with Crippen molar-refractivity contribution in [1.82, 2.24) is 0 Å². The SMILES string of the molecule is CC1=C2C(O)C(=O)[C@]3(C)C(OC(=O)OCc4ccccc4)CC4OC[C@@]4(O)C3C(OC(=O)c3ccccc3)C(O)(CC1OC(=O)[C@H](C)C(C)C)C2(C)C. The van der Waals surface area contributed by atoms with Gasteiger partial charge in [-0.05, 0) is 48.6 Å². The number of hydrogen-bond acceptors (Lipinski definition) is 12. The molecule has 286 valence electrons. The molecular weight excluding hydrogens is 684 g/mol. The number of hydrogen-bond donors (Lipinski definition) is 3. The smallest absolute Gasteiger partial charge is 0.458 e. The van der Waals surface area contributed by atoms with E-state index in [0.29, 0.717) is 11.1 Å². The van der Waals surface area contributed by atoms with Gasteiger partial charge in [-0.15, -0.1) is 0 Å². The molecule has 6 rings (SSSR count). The highest BCUT2D eigenvalue weighted by atomic mass is 16.7. The average molecular weight is 735 g/mol. The van der Waals surface area contributed by atoms with Crippen molar-refractivity contribution >= 4 is 23.9 Å². The molecule has 2 bridgehead atoms. The lowest BCUT2D eigenvalue weighted by molar-refractivity contribution is -0.344. The fourth-order valence-corrected chi connectivity index (χ4v) is 8.91. The van der Waals surface area contributed by atoms with Crippen LogP contribution >= 0.6 is 0 Å². The van der Waals surface area contributed by atoms with Crippen LogP contribution in [0.2, 0.25) is 0 Å². The van der Waals surface area contributed by atoms with Crippen LogP contribution in [0.25, 0.3) is 0 Å². The largest absolute Gasteiger partial charge is 0.508 e. The summed E-state index contributed by atoms with van der Waals surface area (Å²) in [6.45, 7) is 11.4. The normalized spacial score (nSPS) is 35.0. The fraction of sp³-hybridized carbons (Fsp3) is 0.561. The van der Waals surface area contributed by atoms with Crippen LogP contribution in [0.4, 0.5) is 4.79 Å². The molecule has 4 aliphatic rings. The highest BCUT2D eigenvalue weighted by Crippen LogP contribution is 2.63. The molecule has 53 heavy (non-hydrogen) atoms. The Balaban J connectivity index is 1.51. The van der Waals surface area contributed by atoms with Crippen LogP contribution in [-0.2, 0) is 39.9 Å². The molecule has 3 fully saturated rings. The molecule has 0 spiro atoms. The van der Waals surface area contributed by atoms with Crippen LogP contribution < -0.4 is 0 Å². The Morgan fingerprint density at radius 3 is 2.13 bits per heavy atom. The first kappa shape index (κ1) is 38.6. The van der Waals surface area contributed by atoms with Crippen LogP contribution in [0.5, 0.6) is 0 Å². The second kappa shape index (κ2) is 14.0. The molecule has 12 nitrogen and oxygen atoms in total. The Labute approximate surface area is 309 Å². The van der Waals surface area contributed by atoms with Crippen molar-refractivity contribution in [2.24, 2.45) is 28.6 Å². The molecule has 2 saturated carbocycles. The van der Waals surface area contributed by atoms with Crippen molar-refractivity contribution in [3.8, 4) is 0 Å². The topological polar surface area (TPSA) is 175 Å². The van der Waals surface area contributed by atoms with E-state index in [1.54, 1.807) is 70.2 Å². The Kier molecular flexibility index (Phi) is 10.2. The van der Waals surface area contributed by atoms with E-state index in [2.05, 4.69) is 0 Å². The maximum Gasteiger partial charge on any atom is 0.508 e. The summed E-state index contributed by atoms with van der Waals surface area (Å²) >= 11 is 0. The lowest BCUT2D eigenvalue weighted by Crippen LogP contribution is -2.81. The zero-order valence-corrected chi connectivity index (χ0v) is 31.2. The molecule has 10 atom stereocenters. The summed E-state index contributed by atoms with van der Waals surface area (Å²) in [5, 5.41) is 38.0. The van der Waals surface area contributed by atoms with Gasteiger partial charge in [0, 0.05) is 24.2 Å². The Morgan fingerprint density at radius 2 is 1.55 bits per heavy atom. The molecule has 0 aromatic heterocycles.